The minimum Gasteiger partial charge on any atom is -0.492 e. The maximum atomic E-state index is 12.6. The Morgan fingerprint density at radius 2 is 1.63 bits per heavy atom. The van der Waals surface area contributed by atoms with E-state index >= 15 is 0 Å². The molecule has 1 saturated carbocycles. The molecular weight excluding hydrogens is 568 g/mol. The van der Waals surface area contributed by atoms with E-state index in [2.05, 4.69) is 44.3 Å². The molecule has 1 aliphatic rings. The number of hydrazine groups is 1. The number of hydrogen-bond donors (Lipinski definition) is 4. The number of benzene rings is 2. The van der Waals surface area contributed by atoms with Gasteiger partial charge in [-0.3, -0.25) is 30.6 Å². The van der Waals surface area contributed by atoms with Crippen LogP contribution in [0.2, 0.25) is 0 Å². The zero-order valence-electron chi connectivity index (χ0n) is 21.6. The number of anilines is 1. The van der Waals surface area contributed by atoms with E-state index in [9.17, 15) is 14.4 Å². The molecule has 3 amide bonds. The Morgan fingerprint density at radius 3 is 2.32 bits per heavy atom. The molecule has 0 bridgehead atoms. The molecule has 0 atom stereocenters. The van der Waals surface area contributed by atoms with Crippen molar-refractivity contribution in [2.75, 3.05) is 11.9 Å². The summed E-state index contributed by atoms with van der Waals surface area (Å²) in [6.45, 7) is 2.78. The van der Waals surface area contributed by atoms with Crippen molar-refractivity contribution >= 4 is 56.7 Å². The molecule has 38 heavy (non-hydrogen) atoms. The second-order valence-electron chi connectivity index (χ2n) is 9.32. The predicted molar refractivity (Wildman–Crippen MR) is 156 cm³/mol. The van der Waals surface area contributed by atoms with Crippen molar-refractivity contribution in [3.8, 4) is 5.75 Å². The highest BCUT2D eigenvalue weighted by molar-refractivity contribution is 9.10. The lowest BCUT2D eigenvalue weighted by atomic mass is 9.88. The Balaban J connectivity index is 1.42. The molecule has 0 radical (unpaired) electrons. The third kappa shape index (κ3) is 9.40. The average molecular weight is 604 g/mol. The number of nitrogens with one attached hydrogen (secondary N) is 4. The topological polar surface area (TPSA) is 109 Å². The summed E-state index contributed by atoms with van der Waals surface area (Å²) >= 11 is 8.58. The quantitative estimate of drug-likeness (QED) is 0.154. The fraction of sp³-hybridized carbons (Fsp3) is 0.429. The first kappa shape index (κ1) is 29.6. The Kier molecular flexibility index (Phi) is 12.0. The molecule has 4 N–H and O–H groups in total. The fourth-order valence-corrected chi connectivity index (χ4v) is 4.81. The van der Waals surface area contributed by atoms with Gasteiger partial charge in [-0.05, 0) is 89.9 Å². The van der Waals surface area contributed by atoms with Gasteiger partial charge in [0.2, 0.25) is 5.91 Å². The van der Waals surface area contributed by atoms with Crippen molar-refractivity contribution in [3.05, 3.63) is 58.1 Å². The SMILES string of the molecule is CCCCCCOc1ccc(C(=O)NC(=S)NNC(=O)c2ccc(NC(=O)C3CCCCC3)cc2)cc1Br. The third-order valence-electron chi connectivity index (χ3n) is 6.36. The van der Waals surface area contributed by atoms with Crippen molar-refractivity contribution < 1.29 is 19.1 Å². The first-order valence-electron chi connectivity index (χ1n) is 13.1. The number of carbonyl (C=O) groups is 3. The molecule has 1 fully saturated rings. The van der Waals surface area contributed by atoms with Crippen molar-refractivity contribution in [3.63, 3.8) is 0 Å². The minimum absolute atomic E-state index is 0.0289. The van der Waals surface area contributed by atoms with Crippen LogP contribution in [0.15, 0.2) is 46.9 Å². The normalized spacial score (nSPS) is 13.3. The van der Waals surface area contributed by atoms with E-state index < -0.39 is 11.8 Å². The van der Waals surface area contributed by atoms with E-state index in [0.29, 0.717) is 33.6 Å². The molecule has 0 heterocycles. The number of ether oxygens (including phenoxy) is 1. The summed E-state index contributed by atoms with van der Waals surface area (Å²) in [5, 5.41) is 5.41. The van der Waals surface area contributed by atoms with Gasteiger partial charge in [0.1, 0.15) is 5.75 Å². The molecule has 2 aromatic rings. The lowest BCUT2D eigenvalue weighted by Gasteiger charge is -2.20. The van der Waals surface area contributed by atoms with Crippen molar-refractivity contribution in [1.82, 2.24) is 16.2 Å². The van der Waals surface area contributed by atoms with E-state index in [1.54, 1.807) is 42.5 Å². The van der Waals surface area contributed by atoms with Gasteiger partial charge in [-0.15, -0.1) is 0 Å². The smallest absolute Gasteiger partial charge is 0.269 e. The maximum Gasteiger partial charge on any atom is 0.269 e. The van der Waals surface area contributed by atoms with Gasteiger partial charge in [0.05, 0.1) is 11.1 Å². The number of thiocarbonyl (C=S) groups is 1. The number of amides is 3. The van der Waals surface area contributed by atoms with Crippen LogP contribution in [0.4, 0.5) is 5.69 Å². The number of rotatable bonds is 10. The molecule has 2 aromatic carbocycles. The van der Waals surface area contributed by atoms with Crippen LogP contribution in [0.1, 0.15) is 85.4 Å². The van der Waals surface area contributed by atoms with Gasteiger partial charge < -0.3 is 10.1 Å². The van der Waals surface area contributed by atoms with Gasteiger partial charge in [-0.2, -0.15) is 0 Å². The van der Waals surface area contributed by atoms with E-state index in [4.69, 9.17) is 17.0 Å². The van der Waals surface area contributed by atoms with Crippen LogP contribution in [0, 0.1) is 5.92 Å². The van der Waals surface area contributed by atoms with Crippen LogP contribution >= 0.6 is 28.1 Å². The summed E-state index contributed by atoms with van der Waals surface area (Å²) in [7, 11) is 0. The first-order valence-corrected chi connectivity index (χ1v) is 14.3. The second kappa shape index (κ2) is 15.4. The van der Waals surface area contributed by atoms with Crippen molar-refractivity contribution in [2.45, 2.75) is 64.7 Å². The van der Waals surface area contributed by atoms with Gasteiger partial charge in [0.15, 0.2) is 5.11 Å². The highest BCUT2D eigenvalue weighted by Gasteiger charge is 2.21. The van der Waals surface area contributed by atoms with E-state index in [-0.39, 0.29) is 16.9 Å². The summed E-state index contributed by atoms with van der Waals surface area (Å²) in [5.41, 5.74) is 6.40. The number of hydrogen-bond acceptors (Lipinski definition) is 5. The van der Waals surface area contributed by atoms with Gasteiger partial charge >= 0.3 is 0 Å². The van der Waals surface area contributed by atoms with Crippen LogP contribution in [0.5, 0.6) is 5.75 Å². The largest absolute Gasteiger partial charge is 0.492 e. The highest BCUT2D eigenvalue weighted by Crippen LogP contribution is 2.27. The van der Waals surface area contributed by atoms with Gasteiger partial charge in [0, 0.05) is 22.7 Å². The average Bonchev–Trinajstić information content (AvgIpc) is 2.93. The minimum atomic E-state index is -0.435. The zero-order chi connectivity index (χ0) is 27.3. The lowest BCUT2D eigenvalue weighted by Crippen LogP contribution is -2.48. The lowest BCUT2D eigenvalue weighted by molar-refractivity contribution is -0.120. The van der Waals surface area contributed by atoms with Gasteiger partial charge in [-0.1, -0.05) is 45.4 Å². The zero-order valence-corrected chi connectivity index (χ0v) is 24.0. The Bertz CT molecular complexity index is 1120. The second-order valence-corrected chi connectivity index (χ2v) is 10.6. The van der Waals surface area contributed by atoms with Crippen LogP contribution in [-0.2, 0) is 4.79 Å². The van der Waals surface area contributed by atoms with Crippen LogP contribution < -0.4 is 26.2 Å². The first-order chi connectivity index (χ1) is 18.4. The van der Waals surface area contributed by atoms with Crippen LogP contribution in [0.25, 0.3) is 0 Å². The monoisotopic (exact) mass is 602 g/mol. The summed E-state index contributed by atoms with van der Waals surface area (Å²) in [6.07, 6.45) is 9.67. The third-order valence-corrected chi connectivity index (χ3v) is 7.18. The summed E-state index contributed by atoms with van der Waals surface area (Å²) in [4.78, 5) is 37.4. The highest BCUT2D eigenvalue weighted by atomic mass is 79.9. The molecule has 10 heteroatoms. The van der Waals surface area contributed by atoms with E-state index in [1.165, 1.54) is 19.3 Å². The van der Waals surface area contributed by atoms with Gasteiger partial charge in [0.25, 0.3) is 11.8 Å². The molecule has 1 aliphatic carbocycles. The standard InChI is InChI=1S/C28H35BrN4O4S/c1-2-3-4-8-17-37-24-16-13-21(18-23(24)29)26(35)31-28(38)33-32-27(36)20-11-14-22(15-12-20)30-25(34)19-9-6-5-7-10-19/h11-16,18-19H,2-10,17H2,1H3,(H,30,34)(H,32,36)(H2,31,33,35,38). The molecule has 8 nitrogen and oxygen atoms in total. The summed E-state index contributed by atoms with van der Waals surface area (Å²) < 4.78 is 6.45. The number of halogens is 1. The molecule has 0 aliphatic heterocycles. The number of carbonyl (C=O) groups excluding carboxylic acids is 3. The molecule has 0 saturated heterocycles. The van der Waals surface area contributed by atoms with E-state index in [1.807, 2.05) is 0 Å². The predicted octanol–water partition coefficient (Wildman–Crippen LogP) is 5.88. The van der Waals surface area contributed by atoms with Crippen molar-refractivity contribution in [2.24, 2.45) is 5.92 Å². The van der Waals surface area contributed by atoms with Crippen molar-refractivity contribution in [1.29, 1.82) is 0 Å². The molecule has 204 valence electrons. The van der Waals surface area contributed by atoms with Crippen LogP contribution in [-0.4, -0.2) is 29.4 Å². The number of unbranched alkanes of at least 4 members (excludes halogenated alkanes) is 3. The Hall–Kier alpha value is -2.98. The Labute approximate surface area is 237 Å². The molecular formula is C28H35BrN4O4S. The fourth-order valence-electron chi connectivity index (χ4n) is 4.18. The van der Waals surface area contributed by atoms with Gasteiger partial charge in [-0.25, -0.2) is 0 Å². The maximum absolute atomic E-state index is 12.6. The Morgan fingerprint density at radius 1 is 0.921 bits per heavy atom. The summed E-state index contributed by atoms with van der Waals surface area (Å²) in [5.74, 6) is -0.105. The molecule has 0 aromatic heterocycles. The summed E-state index contributed by atoms with van der Waals surface area (Å²) in [6, 6.07) is 11.6. The van der Waals surface area contributed by atoms with E-state index in [0.717, 1.165) is 38.5 Å². The molecule has 0 spiro atoms. The molecule has 0 unspecified atom stereocenters. The molecule has 3 rings (SSSR count). The van der Waals surface area contributed by atoms with Crippen LogP contribution in [0.3, 0.4) is 0 Å².